The first kappa shape index (κ1) is 11.6. The van der Waals surface area contributed by atoms with Gasteiger partial charge in [-0.25, -0.2) is 0 Å². The number of benzene rings is 1. The van der Waals surface area contributed by atoms with Crippen LogP contribution in [0.2, 0.25) is 0 Å². The Morgan fingerprint density at radius 3 is 2.56 bits per heavy atom. The first-order chi connectivity index (χ1) is 7.45. The minimum absolute atomic E-state index is 0.0816. The second-order valence-electron chi connectivity index (χ2n) is 5.32. The standard InChI is InChI=1S/C14H20O2/c1-13(2,15)12-6-4-5-11(9-12)10-14(16-3)7-8-14/h4-6,9,15H,7-8,10H2,1-3H3. The third-order valence-electron chi connectivity index (χ3n) is 3.40. The van der Waals surface area contributed by atoms with Crippen molar-refractivity contribution < 1.29 is 9.84 Å². The molecule has 16 heavy (non-hydrogen) atoms. The molecule has 0 aromatic heterocycles. The molecule has 1 saturated carbocycles. The molecule has 0 radical (unpaired) electrons. The molecule has 0 amide bonds. The molecule has 0 saturated heterocycles. The second-order valence-corrected chi connectivity index (χ2v) is 5.32. The van der Waals surface area contributed by atoms with Crippen LogP contribution in [0, 0.1) is 0 Å². The van der Waals surface area contributed by atoms with Crippen LogP contribution in [-0.4, -0.2) is 17.8 Å². The van der Waals surface area contributed by atoms with Crippen molar-refractivity contribution in [2.24, 2.45) is 0 Å². The average molecular weight is 220 g/mol. The molecule has 0 heterocycles. The summed E-state index contributed by atoms with van der Waals surface area (Å²) in [5.74, 6) is 0. The summed E-state index contributed by atoms with van der Waals surface area (Å²) in [6.45, 7) is 3.63. The van der Waals surface area contributed by atoms with E-state index in [4.69, 9.17) is 4.74 Å². The maximum atomic E-state index is 9.95. The van der Waals surface area contributed by atoms with Crippen LogP contribution >= 0.6 is 0 Å². The zero-order valence-electron chi connectivity index (χ0n) is 10.3. The number of hydrogen-bond donors (Lipinski definition) is 1. The summed E-state index contributed by atoms with van der Waals surface area (Å²) in [5, 5.41) is 9.95. The van der Waals surface area contributed by atoms with Crippen LogP contribution in [0.25, 0.3) is 0 Å². The van der Waals surface area contributed by atoms with Gasteiger partial charge in [0.1, 0.15) is 0 Å². The van der Waals surface area contributed by atoms with Crippen molar-refractivity contribution in [2.75, 3.05) is 7.11 Å². The van der Waals surface area contributed by atoms with E-state index in [1.54, 1.807) is 7.11 Å². The lowest BCUT2D eigenvalue weighted by Crippen LogP contribution is -2.18. The molecule has 1 aromatic rings. The van der Waals surface area contributed by atoms with Crippen LogP contribution in [0.3, 0.4) is 0 Å². The van der Waals surface area contributed by atoms with E-state index in [1.807, 2.05) is 26.0 Å². The fourth-order valence-electron chi connectivity index (χ4n) is 2.03. The highest BCUT2D eigenvalue weighted by Gasteiger charge is 2.42. The minimum atomic E-state index is -0.764. The van der Waals surface area contributed by atoms with Crippen LogP contribution in [0.5, 0.6) is 0 Å². The number of rotatable bonds is 4. The Morgan fingerprint density at radius 2 is 2.06 bits per heavy atom. The zero-order valence-corrected chi connectivity index (χ0v) is 10.3. The molecular weight excluding hydrogens is 200 g/mol. The van der Waals surface area contributed by atoms with Gasteiger partial charge in [0, 0.05) is 13.5 Å². The first-order valence-corrected chi connectivity index (χ1v) is 5.82. The highest BCUT2D eigenvalue weighted by atomic mass is 16.5. The molecule has 1 aliphatic carbocycles. The van der Waals surface area contributed by atoms with Crippen LogP contribution in [0.1, 0.15) is 37.8 Å². The number of methoxy groups -OCH3 is 1. The van der Waals surface area contributed by atoms with Crippen molar-refractivity contribution in [2.45, 2.75) is 44.3 Å². The van der Waals surface area contributed by atoms with Gasteiger partial charge < -0.3 is 9.84 Å². The van der Waals surface area contributed by atoms with Crippen molar-refractivity contribution in [3.63, 3.8) is 0 Å². The van der Waals surface area contributed by atoms with Gasteiger partial charge >= 0.3 is 0 Å². The minimum Gasteiger partial charge on any atom is -0.386 e. The Morgan fingerprint density at radius 1 is 1.38 bits per heavy atom. The topological polar surface area (TPSA) is 29.5 Å². The third-order valence-corrected chi connectivity index (χ3v) is 3.40. The molecule has 88 valence electrons. The Kier molecular flexibility index (Phi) is 2.81. The smallest absolute Gasteiger partial charge is 0.0840 e. The molecule has 2 heteroatoms. The van der Waals surface area contributed by atoms with Gasteiger partial charge in [0.15, 0.2) is 0 Å². The molecule has 2 rings (SSSR count). The van der Waals surface area contributed by atoms with Crippen molar-refractivity contribution in [1.82, 2.24) is 0 Å². The fraction of sp³-hybridized carbons (Fsp3) is 0.571. The van der Waals surface area contributed by atoms with Crippen molar-refractivity contribution in [3.8, 4) is 0 Å². The van der Waals surface area contributed by atoms with Gasteiger partial charge in [-0.05, 0) is 37.8 Å². The van der Waals surface area contributed by atoms with E-state index in [2.05, 4.69) is 12.1 Å². The highest BCUT2D eigenvalue weighted by molar-refractivity contribution is 5.29. The molecule has 0 unspecified atom stereocenters. The molecule has 1 N–H and O–H groups in total. The van der Waals surface area contributed by atoms with Crippen molar-refractivity contribution in [3.05, 3.63) is 35.4 Å². The van der Waals surface area contributed by atoms with E-state index >= 15 is 0 Å². The molecular formula is C14H20O2. The monoisotopic (exact) mass is 220 g/mol. The van der Waals surface area contributed by atoms with Crippen LogP contribution in [0.15, 0.2) is 24.3 Å². The largest absolute Gasteiger partial charge is 0.386 e. The van der Waals surface area contributed by atoms with Gasteiger partial charge in [0.25, 0.3) is 0 Å². The SMILES string of the molecule is COC1(Cc2cccc(C(C)(C)O)c2)CC1. The second kappa shape index (κ2) is 3.86. The summed E-state index contributed by atoms with van der Waals surface area (Å²) in [5.41, 5.74) is 1.54. The van der Waals surface area contributed by atoms with Gasteiger partial charge in [-0.1, -0.05) is 24.3 Å². The van der Waals surface area contributed by atoms with E-state index in [-0.39, 0.29) is 5.60 Å². The Bertz CT molecular complexity index is 373. The Balaban J connectivity index is 2.17. The van der Waals surface area contributed by atoms with Crippen molar-refractivity contribution in [1.29, 1.82) is 0 Å². The molecule has 0 spiro atoms. The Hall–Kier alpha value is -0.860. The zero-order chi connectivity index (χ0) is 11.8. The Labute approximate surface area is 97.3 Å². The van der Waals surface area contributed by atoms with E-state index in [1.165, 1.54) is 5.56 Å². The normalized spacial score (nSPS) is 18.5. The summed E-state index contributed by atoms with van der Waals surface area (Å²) >= 11 is 0. The predicted molar refractivity (Wildman–Crippen MR) is 64.4 cm³/mol. The molecule has 1 aliphatic rings. The quantitative estimate of drug-likeness (QED) is 0.845. The lowest BCUT2D eigenvalue weighted by molar-refractivity contribution is 0.0760. The summed E-state index contributed by atoms with van der Waals surface area (Å²) in [6, 6.07) is 8.16. The van der Waals surface area contributed by atoms with E-state index in [0.717, 1.165) is 24.8 Å². The van der Waals surface area contributed by atoms with E-state index < -0.39 is 5.60 Å². The summed E-state index contributed by atoms with van der Waals surface area (Å²) < 4.78 is 5.52. The first-order valence-electron chi connectivity index (χ1n) is 5.82. The van der Waals surface area contributed by atoms with Gasteiger partial charge in [-0.15, -0.1) is 0 Å². The van der Waals surface area contributed by atoms with Gasteiger partial charge in [0.2, 0.25) is 0 Å². The maximum absolute atomic E-state index is 9.95. The fourth-order valence-corrected chi connectivity index (χ4v) is 2.03. The number of hydrogen-bond acceptors (Lipinski definition) is 2. The van der Waals surface area contributed by atoms with Crippen molar-refractivity contribution >= 4 is 0 Å². The molecule has 1 fully saturated rings. The van der Waals surface area contributed by atoms with E-state index in [9.17, 15) is 5.11 Å². The summed E-state index contributed by atoms with van der Waals surface area (Å²) in [6.07, 6.45) is 3.25. The highest BCUT2D eigenvalue weighted by Crippen LogP contribution is 2.42. The lowest BCUT2D eigenvalue weighted by atomic mass is 9.94. The van der Waals surface area contributed by atoms with Gasteiger partial charge in [0.05, 0.1) is 11.2 Å². The van der Waals surface area contributed by atoms with Gasteiger partial charge in [-0.2, -0.15) is 0 Å². The average Bonchev–Trinajstić information content (AvgIpc) is 2.98. The summed E-state index contributed by atoms with van der Waals surface area (Å²) in [7, 11) is 1.78. The van der Waals surface area contributed by atoms with Crippen LogP contribution in [0.4, 0.5) is 0 Å². The molecule has 0 aliphatic heterocycles. The molecule has 2 nitrogen and oxygen atoms in total. The molecule has 0 bridgehead atoms. The lowest BCUT2D eigenvalue weighted by Gasteiger charge is -2.20. The number of aliphatic hydroxyl groups is 1. The maximum Gasteiger partial charge on any atom is 0.0840 e. The molecule has 1 aromatic carbocycles. The van der Waals surface area contributed by atoms with E-state index in [0.29, 0.717) is 0 Å². The predicted octanol–water partition coefficient (Wildman–Crippen LogP) is 2.64. The number of ether oxygens (including phenoxy) is 1. The van der Waals surface area contributed by atoms with Gasteiger partial charge in [-0.3, -0.25) is 0 Å². The van der Waals surface area contributed by atoms with Crippen LogP contribution < -0.4 is 0 Å². The summed E-state index contributed by atoms with van der Waals surface area (Å²) in [4.78, 5) is 0. The van der Waals surface area contributed by atoms with Crippen LogP contribution in [-0.2, 0) is 16.8 Å². The molecule has 0 atom stereocenters. The third kappa shape index (κ3) is 2.45.